The third-order valence-electron chi connectivity index (χ3n) is 3.39. The fourth-order valence-electron chi connectivity index (χ4n) is 2.35. The summed E-state index contributed by atoms with van der Waals surface area (Å²) >= 11 is 0. The van der Waals surface area contributed by atoms with Gasteiger partial charge in [-0.05, 0) is 25.0 Å². The van der Waals surface area contributed by atoms with E-state index in [-0.39, 0.29) is 5.56 Å². The summed E-state index contributed by atoms with van der Waals surface area (Å²) < 4.78 is 13.5. The maximum atomic E-state index is 13.5. The van der Waals surface area contributed by atoms with Crippen LogP contribution in [0.5, 0.6) is 0 Å². The highest BCUT2D eigenvalue weighted by Gasteiger charge is 2.34. The van der Waals surface area contributed by atoms with E-state index in [1.165, 1.54) is 18.2 Å². The third-order valence-corrected chi connectivity index (χ3v) is 3.39. The minimum absolute atomic E-state index is 0.00213. The molecule has 94 valence electrons. The Labute approximate surface area is 106 Å². The van der Waals surface area contributed by atoms with Crippen LogP contribution < -0.4 is 5.32 Å². The van der Waals surface area contributed by atoms with E-state index in [9.17, 15) is 14.4 Å². The summed E-state index contributed by atoms with van der Waals surface area (Å²) in [5.41, 5.74) is -0.824. The minimum Gasteiger partial charge on any atom is -0.334 e. The van der Waals surface area contributed by atoms with Crippen molar-refractivity contribution >= 4 is 5.91 Å². The molecule has 1 amide bonds. The van der Waals surface area contributed by atoms with Crippen LogP contribution in [0.1, 0.15) is 42.5 Å². The summed E-state index contributed by atoms with van der Waals surface area (Å²) in [5.74, 6) is -1.06. The predicted molar refractivity (Wildman–Crippen MR) is 65.3 cm³/mol. The first kappa shape index (κ1) is 12.6. The van der Waals surface area contributed by atoms with Gasteiger partial charge in [-0.3, -0.25) is 4.79 Å². The molecule has 1 aromatic rings. The van der Waals surface area contributed by atoms with E-state index in [0.29, 0.717) is 12.8 Å². The molecule has 1 N–H and O–H groups in total. The van der Waals surface area contributed by atoms with Crippen molar-refractivity contribution in [2.75, 3.05) is 0 Å². The van der Waals surface area contributed by atoms with E-state index in [1.807, 2.05) is 0 Å². The summed E-state index contributed by atoms with van der Waals surface area (Å²) in [6, 6.07) is 8.00. The van der Waals surface area contributed by atoms with Crippen molar-refractivity contribution < 1.29 is 9.18 Å². The zero-order chi connectivity index (χ0) is 13.0. The maximum absolute atomic E-state index is 13.5. The smallest absolute Gasteiger partial charge is 0.255 e. The standard InChI is InChI=1S/C14H15FN2O/c15-12-7-3-2-6-11(12)13(18)17-14(10-16)8-4-1-5-9-14/h2-3,6-7H,1,4-5,8-9H2,(H,17,18). The Morgan fingerprint density at radius 2 is 1.94 bits per heavy atom. The van der Waals surface area contributed by atoms with Gasteiger partial charge in [0.1, 0.15) is 11.4 Å². The van der Waals surface area contributed by atoms with Gasteiger partial charge < -0.3 is 5.32 Å². The van der Waals surface area contributed by atoms with Crippen molar-refractivity contribution in [1.29, 1.82) is 5.26 Å². The quantitative estimate of drug-likeness (QED) is 0.872. The van der Waals surface area contributed by atoms with Crippen LogP contribution in [0.2, 0.25) is 0 Å². The molecule has 2 rings (SSSR count). The molecule has 0 saturated heterocycles. The molecule has 0 aromatic heterocycles. The number of halogens is 1. The van der Waals surface area contributed by atoms with Crippen LogP contribution in [0.25, 0.3) is 0 Å². The Morgan fingerprint density at radius 3 is 2.56 bits per heavy atom. The number of nitrogens with one attached hydrogen (secondary N) is 1. The van der Waals surface area contributed by atoms with Crippen molar-refractivity contribution in [1.82, 2.24) is 5.32 Å². The van der Waals surface area contributed by atoms with Gasteiger partial charge in [0.2, 0.25) is 0 Å². The molecule has 0 atom stereocenters. The van der Waals surface area contributed by atoms with Crippen molar-refractivity contribution in [2.45, 2.75) is 37.6 Å². The third kappa shape index (κ3) is 2.51. The van der Waals surface area contributed by atoms with Crippen molar-refractivity contribution in [3.63, 3.8) is 0 Å². The van der Waals surface area contributed by atoms with E-state index in [0.717, 1.165) is 19.3 Å². The molecule has 0 spiro atoms. The number of rotatable bonds is 2. The summed E-state index contributed by atoms with van der Waals surface area (Å²) in [7, 11) is 0. The number of amides is 1. The second-order valence-electron chi connectivity index (χ2n) is 4.69. The lowest BCUT2D eigenvalue weighted by molar-refractivity contribution is 0.0898. The Kier molecular flexibility index (Phi) is 3.61. The molecule has 0 bridgehead atoms. The number of nitrogens with zero attached hydrogens (tertiary/aromatic N) is 1. The van der Waals surface area contributed by atoms with Crippen LogP contribution in [0.4, 0.5) is 4.39 Å². The molecule has 0 aliphatic heterocycles. The first-order valence-corrected chi connectivity index (χ1v) is 6.15. The van der Waals surface area contributed by atoms with Crippen LogP contribution >= 0.6 is 0 Å². The van der Waals surface area contributed by atoms with Crippen LogP contribution in [-0.4, -0.2) is 11.4 Å². The minimum atomic E-state index is -0.822. The summed E-state index contributed by atoms with van der Waals surface area (Å²) in [5, 5.41) is 11.9. The average Bonchev–Trinajstić information content (AvgIpc) is 2.40. The van der Waals surface area contributed by atoms with E-state index in [4.69, 9.17) is 0 Å². The molecule has 1 aromatic carbocycles. The molecule has 0 radical (unpaired) electrons. The van der Waals surface area contributed by atoms with E-state index in [2.05, 4.69) is 11.4 Å². The predicted octanol–water partition coefficient (Wildman–Crippen LogP) is 2.78. The average molecular weight is 246 g/mol. The lowest BCUT2D eigenvalue weighted by atomic mass is 9.82. The van der Waals surface area contributed by atoms with Gasteiger partial charge in [0, 0.05) is 0 Å². The zero-order valence-corrected chi connectivity index (χ0v) is 10.1. The van der Waals surface area contributed by atoms with Crippen molar-refractivity contribution in [2.24, 2.45) is 0 Å². The van der Waals surface area contributed by atoms with Gasteiger partial charge in [0.15, 0.2) is 0 Å². The Morgan fingerprint density at radius 1 is 1.28 bits per heavy atom. The van der Waals surface area contributed by atoms with Gasteiger partial charge in [0.25, 0.3) is 5.91 Å². The van der Waals surface area contributed by atoms with Gasteiger partial charge in [-0.15, -0.1) is 0 Å². The molecule has 1 aliphatic carbocycles. The lowest BCUT2D eigenvalue weighted by Crippen LogP contribution is -2.48. The molecule has 18 heavy (non-hydrogen) atoms. The fourth-order valence-corrected chi connectivity index (χ4v) is 2.35. The monoisotopic (exact) mass is 246 g/mol. The number of carbonyl (C=O) groups is 1. The number of carbonyl (C=O) groups excluding carboxylic acids is 1. The first-order chi connectivity index (χ1) is 8.67. The highest BCUT2D eigenvalue weighted by Crippen LogP contribution is 2.28. The van der Waals surface area contributed by atoms with Crippen molar-refractivity contribution in [3.8, 4) is 6.07 Å². The Bertz CT molecular complexity index is 487. The largest absolute Gasteiger partial charge is 0.334 e. The van der Waals surface area contributed by atoms with Gasteiger partial charge >= 0.3 is 0 Å². The maximum Gasteiger partial charge on any atom is 0.255 e. The number of hydrogen-bond acceptors (Lipinski definition) is 2. The molecule has 0 heterocycles. The molecule has 1 aliphatic rings. The normalized spacial score (nSPS) is 17.8. The summed E-state index contributed by atoms with van der Waals surface area (Å²) in [6.07, 6.45) is 4.21. The number of nitriles is 1. The van der Waals surface area contributed by atoms with Gasteiger partial charge in [-0.1, -0.05) is 31.4 Å². The van der Waals surface area contributed by atoms with E-state index < -0.39 is 17.3 Å². The van der Waals surface area contributed by atoms with E-state index in [1.54, 1.807) is 6.07 Å². The molecule has 1 saturated carbocycles. The van der Waals surface area contributed by atoms with Crippen molar-refractivity contribution in [3.05, 3.63) is 35.6 Å². The molecule has 0 unspecified atom stereocenters. The Hall–Kier alpha value is -1.89. The van der Waals surface area contributed by atoms with Gasteiger partial charge in [0.05, 0.1) is 11.6 Å². The molecule has 1 fully saturated rings. The topological polar surface area (TPSA) is 52.9 Å². The number of benzene rings is 1. The first-order valence-electron chi connectivity index (χ1n) is 6.15. The fraction of sp³-hybridized carbons (Fsp3) is 0.429. The van der Waals surface area contributed by atoms with Crippen LogP contribution in [0.3, 0.4) is 0 Å². The molecular weight excluding hydrogens is 231 g/mol. The summed E-state index contributed by atoms with van der Waals surface area (Å²) in [6.45, 7) is 0. The second kappa shape index (κ2) is 5.18. The molecule has 3 nitrogen and oxygen atoms in total. The van der Waals surface area contributed by atoms with Crippen LogP contribution in [0, 0.1) is 17.1 Å². The molecule has 4 heteroatoms. The van der Waals surface area contributed by atoms with Gasteiger partial charge in [-0.25, -0.2) is 4.39 Å². The van der Waals surface area contributed by atoms with E-state index >= 15 is 0 Å². The lowest BCUT2D eigenvalue weighted by Gasteiger charge is -2.31. The number of hydrogen-bond donors (Lipinski definition) is 1. The molecular formula is C14H15FN2O. The van der Waals surface area contributed by atoms with Crippen LogP contribution in [-0.2, 0) is 0 Å². The van der Waals surface area contributed by atoms with Gasteiger partial charge in [-0.2, -0.15) is 5.26 Å². The summed E-state index contributed by atoms with van der Waals surface area (Å²) in [4.78, 5) is 12.0. The second-order valence-corrected chi connectivity index (χ2v) is 4.69. The highest BCUT2D eigenvalue weighted by molar-refractivity contribution is 5.95. The van der Waals surface area contributed by atoms with Crippen LogP contribution in [0.15, 0.2) is 24.3 Å². The zero-order valence-electron chi connectivity index (χ0n) is 10.1. The highest BCUT2D eigenvalue weighted by atomic mass is 19.1. The Balaban J connectivity index is 2.16. The SMILES string of the molecule is N#CC1(NC(=O)c2ccccc2F)CCCCC1.